The largest absolute Gasteiger partial charge is 0.320 e. The smallest absolute Gasteiger partial charge is 0.267 e. The number of nitrogens with one attached hydrogen (secondary N) is 1. The predicted octanol–water partition coefficient (Wildman–Crippen LogP) is 4.08. The molecule has 5 heteroatoms. The summed E-state index contributed by atoms with van der Waals surface area (Å²) in [6.45, 7) is 5.84. The predicted molar refractivity (Wildman–Crippen MR) is 78.4 cm³/mol. The van der Waals surface area contributed by atoms with Crippen LogP contribution in [-0.4, -0.2) is 10.9 Å². The van der Waals surface area contributed by atoms with Crippen LogP contribution in [0.1, 0.15) is 26.5 Å². The van der Waals surface area contributed by atoms with E-state index in [1.807, 2.05) is 32.9 Å². The standard InChI is InChI=1S/C13H13BrN2OS/c1-7-4-8(2)11(10(14)5-7)16-13(17)12-9(3)15-6-18-12/h4-6H,1-3H3,(H,16,17). The zero-order valence-electron chi connectivity index (χ0n) is 10.4. The van der Waals surface area contributed by atoms with E-state index in [4.69, 9.17) is 0 Å². The number of carbonyl (C=O) groups excluding carboxylic acids is 1. The minimum atomic E-state index is -0.109. The number of benzene rings is 1. The van der Waals surface area contributed by atoms with Gasteiger partial charge in [-0.2, -0.15) is 0 Å². The maximum Gasteiger partial charge on any atom is 0.267 e. The first-order chi connectivity index (χ1) is 8.49. The third-order valence-corrected chi connectivity index (χ3v) is 4.17. The molecule has 1 heterocycles. The zero-order chi connectivity index (χ0) is 13.3. The first-order valence-corrected chi connectivity index (χ1v) is 7.14. The SMILES string of the molecule is Cc1cc(C)c(NC(=O)c2scnc2C)c(Br)c1. The van der Waals surface area contributed by atoms with E-state index in [0.29, 0.717) is 4.88 Å². The molecule has 1 amide bonds. The Kier molecular flexibility index (Phi) is 3.82. The molecule has 2 rings (SSSR count). The van der Waals surface area contributed by atoms with Gasteiger partial charge >= 0.3 is 0 Å². The molecule has 0 unspecified atom stereocenters. The number of anilines is 1. The number of aromatic nitrogens is 1. The fraction of sp³-hybridized carbons (Fsp3) is 0.231. The van der Waals surface area contributed by atoms with Crippen molar-refractivity contribution in [2.45, 2.75) is 20.8 Å². The molecule has 1 aromatic heterocycles. The van der Waals surface area contributed by atoms with Gasteiger partial charge in [0.15, 0.2) is 0 Å². The average Bonchev–Trinajstić information content (AvgIpc) is 2.69. The third kappa shape index (κ3) is 2.62. The Morgan fingerprint density at radius 2 is 2.06 bits per heavy atom. The minimum absolute atomic E-state index is 0.109. The Bertz CT molecular complexity index is 584. The van der Waals surface area contributed by atoms with E-state index < -0.39 is 0 Å². The normalized spacial score (nSPS) is 10.4. The van der Waals surface area contributed by atoms with Crippen LogP contribution in [0.15, 0.2) is 22.1 Å². The monoisotopic (exact) mass is 324 g/mol. The van der Waals surface area contributed by atoms with Crippen molar-refractivity contribution in [1.29, 1.82) is 0 Å². The number of halogens is 1. The van der Waals surface area contributed by atoms with Gasteiger partial charge < -0.3 is 5.32 Å². The van der Waals surface area contributed by atoms with Gasteiger partial charge in [-0.15, -0.1) is 11.3 Å². The Hall–Kier alpha value is -1.20. The zero-order valence-corrected chi connectivity index (χ0v) is 12.8. The van der Waals surface area contributed by atoms with Gasteiger partial charge in [0.25, 0.3) is 5.91 Å². The van der Waals surface area contributed by atoms with E-state index in [2.05, 4.69) is 26.2 Å². The molecule has 94 valence electrons. The molecule has 2 aromatic rings. The van der Waals surface area contributed by atoms with E-state index in [-0.39, 0.29) is 5.91 Å². The second-order valence-corrected chi connectivity index (χ2v) is 5.87. The number of nitrogens with zero attached hydrogens (tertiary/aromatic N) is 1. The first-order valence-electron chi connectivity index (χ1n) is 5.47. The molecular weight excluding hydrogens is 312 g/mol. The van der Waals surface area contributed by atoms with Crippen LogP contribution in [-0.2, 0) is 0 Å². The Labute approximate surface area is 118 Å². The number of hydrogen-bond donors (Lipinski definition) is 1. The summed E-state index contributed by atoms with van der Waals surface area (Å²) in [5.41, 5.74) is 5.46. The van der Waals surface area contributed by atoms with E-state index in [1.165, 1.54) is 11.3 Å². The van der Waals surface area contributed by atoms with Gasteiger partial charge in [0.2, 0.25) is 0 Å². The Morgan fingerprint density at radius 1 is 1.33 bits per heavy atom. The van der Waals surface area contributed by atoms with Crippen LogP contribution >= 0.6 is 27.3 Å². The lowest BCUT2D eigenvalue weighted by Gasteiger charge is -2.11. The molecule has 0 radical (unpaired) electrons. The molecule has 0 aliphatic rings. The molecule has 0 fully saturated rings. The van der Waals surface area contributed by atoms with Crippen molar-refractivity contribution in [2.24, 2.45) is 0 Å². The summed E-state index contributed by atoms with van der Waals surface area (Å²) in [6.07, 6.45) is 0. The van der Waals surface area contributed by atoms with Gasteiger partial charge in [0.1, 0.15) is 4.88 Å². The van der Waals surface area contributed by atoms with Gasteiger partial charge in [-0.3, -0.25) is 4.79 Å². The number of carbonyl (C=O) groups is 1. The van der Waals surface area contributed by atoms with Crippen LogP contribution in [0.25, 0.3) is 0 Å². The molecule has 0 saturated carbocycles. The number of amides is 1. The van der Waals surface area contributed by atoms with E-state index >= 15 is 0 Å². The average molecular weight is 325 g/mol. The fourth-order valence-electron chi connectivity index (χ4n) is 1.76. The lowest BCUT2D eigenvalue weighted by molar-refractivity contribution is 0.102. The number of hydrogen-bond acceptors (Lipinski definition) is 3. The summed E-state index contributed by atoms with van der Waals surface area (Å²) in [5, 5.41) is 2.93. The van der Waals surface area contributed by atoms with Gasteiger partial charge in [-0.1, -0.05) is 6.07 Å². The van der Waals surface area contributed by atoms with E-state index in [0.717, 1.165) is 27.0 Å². The van der Waals surface area contributed by atoms with Crippen LogP contribution in [0.4, 0.5) is 5.69 Å². The summed E-state index contributed by atoms with van der Waals surface area (Å²) in [5.74, 6) is -0.109. The summed E-state index contributed by atoms with van der Waals surface area (Å²) >= 11 is 4.83. The van der Waals surface area contributed by atoms with Gasteiger partial charge in [-0.25, -0.2) is 4.98 Å². The highest BCUT2D eigenvalue weighted by Gasteiger charge is 2.14. The maximum atomic E-state index is 12.1. The summed E-state index contributed by atoms with van der Waals surface area (Å²) in [7, 11) is 0. The van der Waals surface area contributed by atoms with Crippen LogP contribution in [0.5, 0.6) is 0 Å². The quantitative estimate of drug-likeness (QED) is 0.904. The second kappa shape index (κ2) is 5.20. The topological polar surface area (TPSA) is 42.0 Å². The number of thiazole rings is 1. The number of rotatable bonds is 2. The lowest BCUT2D eigenvalue weighted by Crippen LogP contribution is -2.13. The molecule has 1 aromatic carbocycles. The van der Waals surface area contributed by atoms with Crippen molar-refractivity contribution in [3.05, 3.63) is 43.8 Å². The van der Waals surface area contributed by atoms with E-state index in [1.54, 1.807) is 5.51 Å². The van der Waals surface area contributed by atoms with Crippen LogP contribution in [0.3, 0.4) is 0 Å². The van der Waals surface area contributed by atoms with Crippen molar-refractivity contribution in [2.75, 3.05) is 5.32 Å². The van der Waals surface area contributed by atoms with Crippen LogP contribution < -0.4 is 5.32 Å². The maximum absolute atomic E-state index is 12.1. The van der Waals surface area contributed by atoms with Crippen LogP contribution in [0, 0.1) is 20.8 Å². The molecular formula is C13H13BrN2OS. The highest BCUT2D eigenvalue weighted by molar-refractivity contribution is 9.10. The fourth-order valence-corrected chi connectivity index (χ4v) is 3.23. The number of aryl methyl sites for hydroxylation is 3. The molecule has 0 saturated heterocycles. The highest BCUT2D eigenvalue weighted by Crippen LogP contribution is 2.28. The molecule has 0 aliphatic carbocycles. The van der Waals surface area contributed by atoms with Crippen molar-refractivity contribution < 1.29 is 4.79 Å². The summed E-state index contributed by atoms with van der Waals surface area (Å²) in [4.78, 5) is 16.9. The molecule has 1 N–H and O–H groups in total. The highest BCUT2D eigenvalue weighted by atomic mass is 79.9. The molecule has 18 heavy (non-hydrogen) atoms. The van der Waals surface area contributed by atoms with Crippen molar-refractivity contribution in [1.82, 2.24) is 4.98 Å². The van der Waals surface area contributed by atoms with Gasteiger partial charge in [0.05, 0.1) is 16.9 Å². The molecule has 0 bridgehead atoms. The van der Waals surface area contributed by atoms with Crippen molar-refractivity contribution >= 4 is 38.9 Å². The second-order valence-electron chi connectivity index (χ2n) is 4.16. The van der Waals surface area contributed by atoms with Gasteiger partial charge in [-0.05, 0) is 53.9 Å². The van der Waals surface area contributed by atoms with Crippen molar-refractivity contribution in [3.63, 3.8) is 0 Å². The Morgan fingerprint density at radius 3 is 2.61 bits per heavy atom. The van der Waals surface area contributed by atoms with E-state index in [9.17, 15) is 4.79 Å². The third-order valence-electron chi connectivity index (χ3n) is 2.62. The molecule has 0 atom stereocenters. The molecule has 0 spiro atoms. The first kappa shape index (κ1) is 13.2. The summed E-state index contributed by atoms with van der Waals surface area (Å²) in [6, 6.07) is 4.03. The molecule has 0 aliphatic heterocycles. The van der Waals surface area contributed by atoms with Crippen LogP contribution in [0.2, 0.25) is 0 Å². The molecule has 3 nitrogen and oxygen atoms in total. The Balaban J connectivity index is 2.31. The minimum Gasteiger partial charge on any atom is -0.320 e. The lowest BCUT2D eigenvalue weighted by atomic mass is 10.1. The summed E-state index contributed by atoms with van der Waals surface area (Å²) < 4.78 is 0.899. The van der Waals surface area contributed by atoms with Gasteiger partial charge in [0, 0.05) is 4.47 Å². The van der Waals surface area contributed by atoms with Crippen molar-refractivity contribution in [3.8, 4) is 0 Å².